The minimum absolute atomic E-state index is 0.0403. The molecule has 15 heavy (non-hydrogen) atoms. The normalized spacial score (nSPS) is 14.3. The van der Waals surface area contributed by atoms with Crippen molar-refractivity contribution in [2.75, 3.05) is 11.9 Å². The first-order chi connectivity index (χ1) is 7.02. The molecule has 1 amide bonds. The van der Waals surface area contributed by atoms with Crippen LogP contribution >= 0.6 is 11.6 Å². The first-order valence-corrected chi connectivity index (χ1v) is 4.71. The summed E-state index contributed by atoms with van der Waals surface area (Å²) in [5.74, 6) is -1.15. The number of anilines is 1. The van der Waals surface area contributed by atoms with Gasteiger partial charge in [0, 0.05) is 18.3 Å². The Labute approximate surface area is 91.1 Å². The van der Waals surface area contributed by atoms with Gasteiger partial charge in [0.05, 0.1) is 17.0 Å². The molecule has 0 aromatic heterocycles. The number of amides is 1. The molecule has 1 aliphatic rings. The molecule has 1 aliphatic heterocycles. The van der Waals surface area contributed by atoms with E-state index in [4.69, 9.17) is 16.7 Å². The molecule has 0 saturated heterocycles. The maximum absolute atomic E-state index is 11.4. The molecule has 0 aliphatic carbocycles. The average Bonchev–Trinajstić information content (AvgIpc) is 2.45. The van der Waals surface area contributed by atoms with Gasteiger partial charge in [0.15, 0.2) is 0 Å². The quantitative estimate of drug-likeness (QED) is 0.789. The second kappa shape index (κ2) is 3.24. The minimum atomic E-state index is -1.08. The summed E-state index contributed by atoms with van der Waals surface area (Å²) in [6.45, 7) is 0. The Bertz CT molecular complexity index is 470. The maximum atomic E-state index is 11.4. The van der Waals surface area contributed by atoms with Crippen LogP contribution in [0.15, 0.2) is 12.1 Å². The third-order valence-electron chi connectivity index (χ3n) is 2.51. The number of nitrogens with zero attached hydrogens (tertiary/aromatic N) is 1. The summed E-state index contributed by atoms with van der Waals surface area (Å²) in [5.41, 5.74) is 1.33. The first kappa shape index (κ1) is 9.98. The monoisotopic (exact) mass is 225 g/mol. The lowest BCUT2D eigenvalue weighted by Crippen LogP contribution is -2.20. The molecule has 0 bridgehead atoms. The maximum Gasteiger partial charge on any atom is 0.337 e. The molecular formula is C10H8ClNO3. The molecule has 5 heteroatoms. The van der Waals surface area contributed by atoms with Crippen LogP contribution in [-0.2, 0) is 11.2 Å². The van der Waals surface area contributed by atoms with Crippen molar-refractivity contribution < 1.29 is 14.7 Å². The number of halogens is 1. The van der Waals surface area contributed by atoms with E-state index in [0.29, 0.717) is 11.3 Å². The van der Waals surface area contributed by atoms with Gasteiger partial charge in [-0.15, -0.1) is 0 Å². The third-order valence-corrected chi connectivity index (χ3v) is 2.94. The van der Waals surface area contributed by atoms with E-state index in [1.807, 2.05) is 0 Å². The van der Waals surface area contributed by atoms with Crippen LogP contribution in [0.1, 0.15) is 15.9 Å². The second-order valence-corrected chi connectivity index (χ2v) is 3.74. The number of carbonyl (C=O) groups is 2. The number of hydrogen-bond acceptors (Lipinski definition) is 2. The largest absolute Gasteiger partial charge is 0.478 e. The van der Waals surface area contributed by atoms with Gasteiger partial charge in [0.2, 0.25) is 5.91 Å². The van der Waals surface area contributed by atoms with E-state index in [0.717, 1.165) is 0 Å². The fourth-order valence-electron chi connectivity index (χ4n) is 1.66. The Balaban J connectivity index is 2.62. The van der Waals surface area contributed by atoms with Crippen molar-refractivity contribution >= 4 is 29.2 Å². The van der Waals surface area contributed by atoms with Crippen molar-refractivity contribution in [2.24, 2.45) is 0 Å². The molecule has 78 valence electrons. The number of rotatable bonds is 1. The fourth-order valence-corrected chi connectivity index (χ4v) is 1.97. The van der Waals surface area contributed by atoms with Crippen LogP contribution in [0.3, 0.4) is 0 Å². The molecule has 0 fully saturated rings. The molecule has 0 atom stereocenters. The highest BCUT2D eigenvalue weighted by Crippen LogP contribution is 2.35. The van der Waals surface area contributed by atoms with Gasteiger partial charge >= 0.3 is 5.97 Å². The molecule has 4 nitrogen and oxygen atoms in total. The molecule has 1 aromatic rings. The molecule has 1 aromatic carbocycles. The van der Waals surface area contributed by atoms with Crippen molar-refractivity contribution in [3.05, 3.63) is 28.3 Å². The van der Waals surface area contributed by atoms with Crippen molar-refractivity contribution in [1.82, 2.24) is 0 Å². The molecule has 1 N–H and O–H groups in total. The summed E-state index contributed by atoms with van der Waals surface area (Å²) in [5, 5.41) is 9.01. The number of fused-ring (bicyclic) bond motifs is 1. The summed E-state index contributed by atoms with van der Waals surface area (Å²) in [4.78, 5) is 23.7. The Hall–Kier alpha value is -1.55. The average molecular weight is 226 g/mol. The van der Waals surface area contributed by atoms with Crippen LogP contribution in [0.5, 0.6) is 0 Å². The third kappa shape index (κ3) is 1.37. The SMILES string of the molecule is CN1C(=O)Cc2c1ccc(C(=O)O)c2Cl. The van der Waals surface area contributed by atoms with Crippen molar-refractivity contribution in [2.45, 2.75) is 6.42 Å². The number of hydrogen-bond donors (Lipinski definition) is 1. The van der Waals surface area contributed by atoms with Crippen LogP contribution < -0.4 is 4.90 Å². The lowest BCUT2D eigenvalue weighted by molar-refractivity contribution is -0.117. The highest BCUT2D eigenvalue weighted by atomic mass is 35.5. The van der Waals surface area contributed by atoms with Crippen LogP contribution in [0, 0.1) is 0 Å². The summed E-state index contributed by atoms with van der Waals surface area (Å²) < 4.78 is 0. The lowest BCUT2D eigenvalue weighted by Gasteiger charge is -2.10. The number of carboxylic acid groups (broad SMARTS) is 1. The Morgan fingerprint density at radius 1 is 1.53 bits per heavy atom. The number of likely N-dealkylation sites (N-methyl/N-ethyl adjacent to an activating group) is 1. The van der Waals surface area contributed by atoms with Gasteiger partial charge in [-0.05, 0) is 12.1 Å². The van der Waals surface area contributed by atoms with E-state index in [-0.39, 0.29) is 22.9 Å². The number of aromatic carboxylic acids is 1. The van der Waals surface area contributed by atoms with E-state index in [2.05, 4.69) is 0 Å². The zero-order valence-electron chi connectivity index (χ0n) is 7.95. The van der Waals surface area contributed by atoms with Crippen LogP contribution in [0.2, 0.25) is 5.02 Å². The zero-order chi connectivity index (χ0) is 11.2. The number of carbonyl (C=O) groups excluding carboxylic acids is 1. The summed E-state index contributed by atoms with van der Waals surface area (Å²) in [6, 6.07) is 3.02. The van der Waals surface area contributed by atoms with Gasteiger partial charge in [-0.3, -0.25) is 4.79 Å². The molecule has 0 radical (unpaired) electrons. The van der Waals surface area contributed by atoms with Gasteiger partial charge < -0.3 is 10.0 Å². The van der Waals surface area contributed by atoms with Gasteiger partial charge in [-0.1, -0.05) is 11.6 Å². The highest BCUT2D eigenvalue weighted by molar-refractivity contribution is 6.35. The first-order valence-electron chi connectivity index (χ1n) is 4.33. The standard InChI is InChI=1S/C10H8ClNO3/c1-12-7-3-2-5(10(14)15)9(11)6(7)4-8(12)13/h2-3H,4H2,1H3,(H,14,15). The fraction of sp³-hybridized carbons (Fsp3) is 0.200. The molecular weight excluding hydrogens is 218 g/mol. The zero-order valence-corrected chi connectivity index (χ0v) is 8.71. The smallest absolute Gasteiger partial charge is 0.337 e. The van der Waals surface area contributed by atoms with E-state index < -0.39 is 5.97 Å². The summed E-state index contributed by atoms with van der Waals surface area (Å²) in [7, 11) is 1.64. The van der Waals surface area contributed by atoms with Crippen LogP contribution in [-0.4, -0.2) is 24.0 Å². The minimum Gasteiger partial charge on any atom is -0.478 e. The Morgan fingerprint density at radius 3 is 2.80 bits per heavy atom. The van der Waals surface area contributed by atoms with E-state index in [9.17, 15) is 9.59 Å². The Kier molecular flexibility index (Phi) is 2.16. The van der Waals surface area contributed by atoms with Gasteiger partial charge in [0.25, 0.3) is 0 Å². The van der Waals surface area contributed by atoms with Crippen molar-refractivity contribution in [3.8, 4) is 0 Å². The van der Waals surface area contributed by atoms with E-state index >= 15 is 0 Å². The summed E-state index contributed by atoms with van der Waals surface area (Å²) >= 11 is 5.92. The summed E-state index contributed by atoms with van der Waals surface area (Å²) in [6.07, 6.45) is 0.172. The van der Waals surface area contributed by atoms with Crippen molar-refractivity contribution in [3.63, 3.8) is 0 Å². The highest BCUT2D eigenvalue weighted by Gasteiger charge is 2.28. The second-order valence-electron chi connectivity index (χ2n) is 3.36. The molecule has 1 heterocycles. The molecule has 0 unspecified atom stereocenters. The van der Waals surface area contributed by atoms with Crippen molar-refractivity contribution in [1.29, 1.82) is 0 Å². The predicted molar refractivity (Wildman–Crippen MR) is 55.5 cm³/mol. The lowest BCUT2D eigenvalue weighted by atomic mass is 10.1. The van der Waals surface area contributed by atoms with E-state index in [1.54, 1.807) is 13.1 Å². The van der Waals surface area contributed by atoms with Gasteiger partial charge in [-0.2, -0.15) is 0 Å². The number of carboxylic acids is 1. The molecule has 0 saturated carbocycles. The van der Waals surface area contributed by atoms with Gasteiger partial charge in [0.1, 0.15) is 0 Å². The van der Waals surface area contributed by atoms with E-state index in [1.165, 1.54) is 11.0 Å². The number of benzene rings is 1. The van der Waals surface area contributed by atoms with Crippen LogP contribution in [0.4, 0.5) is 5.69 Å². The Morgan fingerprint density at radius 2 is 2.20 bits per heavy atom. The van der Waals surface area contributed by atoms with Crippen LogP contribution in [0.25, 0.3) is 0 Å². The molecule has 2 rings (SSSR count). The predicted octanol–water partition coefficient (Wildman–Crippen LogP) is 1.56. The topological polar surface area (TPSA) is 57.6 Å². The molecule has 0 spiro atoms. The van der Waals surface area contributed by atoms with Gasteiger partial charge in [-0.25, -0.2) is 4.79 Å².